The van der Waals surface area contributed by atoms with Crippen molar-refractivity contribution < 1.29 is 9.72 Å². The first-order valence-electron chi connectivity index (χ1n) is 10.2. The van der Waals surface area contributed by atoms with E-state index in [1.165, 1.54) is 6.42 Å². The number of hydrazine groups is 1. The van der Waals surface area contributed by atoms with E-state index in [-0.39, 0.29) is 27.3 Å². The molecule has 1 amide bonds. The third kappa shape index (κ3) is 3.05. The summed E-state index contributed by atoms with van der Waals surface area (Å²) in [6.45, 7) is 0. The summed E-state index contributed by atoms with van der Waals surface area (Å²) < 4.78 is 0. The number of carbonyl (C=O) groups is 1. The second-order valence-electron chi connectivity index (χ2n) is 9.14. The quantitative estimate of drug-likeness (QED) is 0.593. The van der Waals surface area contributed by atoms with Gasteiger partial charge in [-0.3, -0.25) is 30.7 Å². The van der Waals surface area contributed by atoms with Crippen LogP contribution in [0.4, 0.5) is 11.4 Å². The van der Waals surface area contributed by atoms with Crippen molar-refractivity contribution in [3.63, 3.8) is 0 Å². The number of hydrogen-bond donors (Lipinski definition) is 2. The van der Waals surface area contributed by atoms with Crippen LogP contribution >= 0.6 is 0 Å². The fraction of sp³-hybridized carbons (Fsp3) is 0.455. The highest BCUT2D eigenvalue weighted by Gasteiger charge is 2.61. The molecule has 4 bridgehead atoms. The summed E-state index contributed by atoms with van der Waals surface area (Å²) in [6.07, 6.45) is 9.40. The predicted molar refractivity (Wildman–Crippen MR) is 108 cm³/mol. The molecule has 7 nitrogen and oxygen atoms in total. The highest BCUT2D eigenvalue weighted by molar-refractivity contribution is 5.84. The summed E-state index contributed by atoms with van der Waals surface area (Å²) >= 11 is 0. The number of aromatic nitrogens is 1. The molecule has 4 aliphatic carbocycles. The van der Waals surface area contributed by atoms with Crippen molar-refractivity contribution in [2.75, 3.05) is 5.43 Å². The van der Waals surface area contributed by atoms with Crippen molar-refractivity contribution in [2.24, 2.45) is 17.3 Å². The molecule has 1 aromatic carbocycles. The SMILES string of the molecule is O=C(NNc1ccncc1)C12CC3CC(C1)CC(c1ccc([N+](=O)[O-])cc1)(C3)C2. The Morgan fingerprint density at radius 2 is 1.69 bits per heavy atom. The Morgan fingerprint density at radius 1 is 1.03 bits per heavy atom. The maximum absolute atomic E-state index is 13.3. The fourth-order valence-electron chi connectivity index (χ4n) is 6.50. The number of amides is 1. The zero-order valence-corrected chi connectivity index (χ0v) is 16.1. The number of benzene rings is 1. The van der Waals surface area contributed by atoms with Crippen LogP contribution in [0.5, 0.6) is 0 Å². The average Bonchev–Trinajstić information content (AvgIpc) is 2.72. The standard InChI is InChI=1S/C22H24N4O3/c27-20(25-24-18-5-7-23-8-6-18)22-12-15-9-16(13-22)11-21(10-15,14-22)17-1-3-19(4-2-17)26(28)29/h1-8,15-16H,9-14H2,(H,23,24)(H,25,27). The van der Waals surface area contributed by atoms with Crippen molar-refractivity contribution in [1.82, 2.24) is 10.4 Å². The van der Waals surface area contributed by atoms with Crippen molar-refractivity contribution >= 4 is 17.3 Å². The number of carbonyl (C=O) groups excluding carboxylic acids is 1. The first-order chi connectivity index (χ1) is 14.0. The van der Waals surface area contributed by atoms with Crippen molar-refractivity contribution in [3.8, 4) is 0 Å². The number of nitrogens with zero attached hydrogens (tertiary/aromatic N) is 2. The number of anilines is 1. The third-order valence-electron chi connectivity index (χ3n) is 7.23. The van der Waals surface area contributed by atoms with Gasteiger partial charge in [-0.2, -0.15) is 0 Å². The minimum Gasteiger partial charge on any atom is -0.298 e. The molecule has 1 aromatic heterocycles. The largest absolute Gasteiger partial charge is 0.298 e. The Bertz CT molecular complexity index is 930. The van der Waals surface area contributed by atoms with Crippen molar-refractivity contribution in [1.29, 1.82) is 0 Å². The Kier molecular flexibility index (Phi) is 4.08. The molecule has 4 saturated carbocycles. The first kappa shape index (κ1) is 18.1. The van der Waals surface area contributed by atoms with Crippen LogP contribution in [0.2, 0.25) is 0 Å². The molecule has 7 heteroatoms. The molecular formula is C22H24N4O3. The molecule has 2 N–H and O–H groups in total. The monoisotopic (exact) mass is 392 g/mol. The molecule has 0 saturated heterocycles. The van der Waals surface area contributed by atoms with E-state index in [0.717, 1.165) is 43.4 Å². The Labute approximate surface area is 169 Å². The van der Waals surface area contributed by atoms with Gasteiger partial charge in [0, 0.05) is 24.5 Å². The van der Waals surface area contributed by atoms with Crippen LogP contribution in [-0.4, -0.2) is 15.8 Å². The van der Waals surface area contributed by atoms with Gasteiger partial charge in [0.2, 0.25) is 5.91 Å². The summed E-state index contributed by atoms with van der Waals surface area (Å²) in [5.74, 6) is 1.14. The first-order valence-corrected chi connectivity index (χ1v) is 10.2. The number of rotatable bonds is 5. The normalized spacial score (nSPS) is 32.0. The van der Waals surface area contributed by atoms with Gasteiger partial charge in [-0.1, -0.05) is 12.1 Å². The van der Waals surface area contributed by atoms with Gasteiger partial charge < -0.3 is 0 Å². The van der Waals surface area contributed by atoms with Crippen LogP contribution in [-0.2, 0) is 10.2 Å². The molecule has 2 aromatic rings. The van der Waals surface area contributed by atoms with Crippen LogP contribution in [0, 0.1) is 27.4 Å². The summed E-state index contributed by atoms with van der Waals surface area (Å²) in [5.41, 5.74) is 7.63. The Balaban J connectivity index is 1.40. The lowest BCUT2D eigenvalue weighted by molar-refractivity contribution is -0.384. The highest BCUT2D eigenvalue weighted by atomic mass is 16.6. The molecule has 6 rings (SSSR count). The number of non-ortho nitro benzene ring substituents is 1. The molecule has 0 aliphatic heterocycles. The lowest BCUT2D eigenvalue weighted by Crippen LogP contribution is -2.59. The van der Waals surface area contributed by atoms with E-state index >= 15 is 0 Å². The fourth-order valence-corrected chi connectivity index (χ4v) is 6.50. The molecule has 1 heterocycles. The molecule has 4 aliphatic rings. The number of pyridine rings is 1. The lowest BCUT2D eigenvalue weighted by atomic mass is 9.42. The second kappa shape index (κ2) is 6.54. The molecule has 150 valence electrons. The number of nitrogens with one attached hydrogen (secondary N) is 2. The maximum atomic E-state index is 13.3. The van der Waals surface area contributed by atoms with Gasteiger partial charge in [0.25, 0.3) is 5.69 Å². The molecule has 2 unspecified atom stereocenters. The highest BCUT2D eigenvalue weighted by Crippen LogP contribution is 2.65. The summed E-state index contributed by atoms with van der Waals surface area (Å²) in [5, 5.41) is 11.0. The van der Waals surface area contributed by atoms with E-state index < -0.39 is 0 Å². The zero-order chi connectivity index (χ0) is 20.1. The van der Waals surface area contributed by atoms with E-state index in [0.29, 0.717) is 11.8 Å². The van der Waals surface area contributed by atoms with E-state index in [9.17, 15) is 14.9 Å². The van der Waals surface area contributed by atoms with Gasteiger partial charge in [-0.25, -0.2) is 0 Å². The average molecular weight is 392 g/mol. The predicted octanol–water partition coefficient (Wildman–Crippen LogP) is 3.97. The second-order valence-corrected chi connectivity index (χ2v) is 9.14. The minimum atomic E-state index is -0.369. The topological polar surface area (TPSA) is 97.2 Å². The summed E-state index contributed by atoms with van der Waals surface area (Å²) in [6, 6.07) is 10.7. The summed E-state index contributed by atoms with van der Waals surface area (Å²) in [4.78, 5) is 28.0. The van der Waals surface area contributed by atoms with Gasteiger partial charge in [0.15, 0.2) is 0 Å². The molecule has 4 fully saturated rings. The van der Waals surface area contributed by atoms with Crippen LogP contribution in [0.15, 0.2) is 48.8 Å². The minimum absolute atomic E-state index is 0.0484. The van der Waals surface area contributed by atoms with E-state index in [4.69, 9.17) is 0 Å². The number of hydrogen-bond acceptors (Lipinski definition) is 5. The van der Waals surface area contributed by atoms with Gasteiger partial charge in [-0.05, 0) is 73.5 Å². The van der Waals surface area contributed by atoms with Crippen LogP contribution in [0.1, 0.15) is 44.1 Å². The van der Waals surface area contributed by atoms with Crippen LogP contribution in [0.25, 0.3) is 0 Å². The van der Waals surface area contributed by atoms with E-state index in [2.05, 4.69) is 15.8 Å². The van der Waals surface area contributed by atoms with E-state index in [1.54, 1.807) is 24.5 Å². The zero-order valence-electron chi connectivity index (χ0n) is 16.1. The molecule has 0 spiro atoms. The lowest BCUT2D eigenvalue weighted by Gasteiger charge is -2.61. The van der Waals surface area contributed by atoms with Crippen LogP contribution in [0.3, 0.4) is 0 Å². The molecule has 2 atom stereocenters. The van der Waals surface area contributed by atoms with E-state index in [1.807, 2.05) is 24.3 Å². The summed E-state index contributed by atoms with van der Waals surface area (Å²) in [7, 11) is 0. The third-order valence-corrected chi connectivity index (χ3v) is 7.23. The Morgan fingerprint density at radius 3 is 2.31 bits per heavy atom. The van der Waals surface area contributed by atoms with Crippen molar-refractivity contribution in [3.05, 3.63) is 64.5 Å². The number of nitro groups is 1. The Hall–Kier alpha value is -2.96. The molecule has 29 heavy (non-hydrogen) atoms. The van der Waals surface area contributed by atoms with Gasteiger partial charge in [0.1, 0.15) is 0 Å². The van der Waals surface area contributed by atoms with Gasteiger partial charge >= 0.3 is 0 Å². The maximum Gasteiger partial charge on any atom is 0.269 e. The molecular weight excluding hydrogens is 368 g/mol. The van der Waals surface area contributed by atoms with Crippen LogP contribution < -0.4 is 10.9 Å². The smallest absolute Gasteiger partial charge is 0.269 e. The molecule has 0 radical (unpaired) electrons. The van der Waals surface area contributed by atoms with Gasteiger partial charge in [0.05, 0.1) is 16.0 Å². The van der Waals surface area contributed by atoms with Gasteiger partial charge in [-0.15, -0.1) is 0 Å². The number of nitro benzene ring substituents is 1. The van der Waals surface area contributed by atoms with Crippen molar-refractivity contribution in [2.45, 2.75) is 43.9 Å².